The summed E-state index contributed by atoms with van der Waals surface area (Å²) in [6.45, 7) is 0. The third-order valence-corrected chi connectivity index (χ3v) is 2.88. The summed E-state index contributed by atoms with van der Waals surface area (Å²) in [6, 6.07) is 10.6. The largest absolute Gasteiger partial charge is 0.263 e. The van der Waals surface area contributed by atoms with Gasteiger partial charge in [-0.1, -0.05) is 12.1 Å². The van der Waals surface area contributed by atoms with Crippen molar-refractivity contribution in [2.45, 2.75) is 0 Å². The Bertz CT molecular complexity index is 738. The van der Waals surface area contributed by atoms with Crippen LogP contribution in [-0.4, -0.2) is 22.2 Å². The molecule has 19 heavy (non-hydrogen) atoms. The van der Waals surface area contributed by atoms with Gasteiger partial charge < -0.3 is 0 Å². The highest BCUT2D eigenvalue weighted by atomic mass is 19.1. The lowest BCUT2D eigenvalue weighted by Gasteiger charge is -2.19. The van der Waals surface area contributed by atoms with Crippen LogP contribution in [0.1, 0.15) is 0 Å². The number of halogens is 2. The quantitative estimate of drug-likeness (QED) is 0.710. The summed E-state index contributed by atoms with van der Waals surface area (Å²) in [7, 11) is 1.60. The Labute approximate surface area is 107 Å². The molecule has 0 saturated heterocycles. The zero-order chi connectivity index (χ0) is 13.4. The van der Waals surface area contributed by atoms with Crippen molar-refractivity contribution in [1.29, 1.82) is 0 Å². The first-order chi connectivity index (χ1) is 9.16. The van der Waals surface area contributed by atoms with Crippen molar-refractivity contribution >= 4 is 16.7 Å². The van der Waals surface area contributed by atoms with Gasteiger partial charge in [0, 0.05) is 13.1 Å². The smallest absolute Gasteiger partial charge is 0.148 e. The average Bonchev–Trinajstić information content (AvgIpc) is 2.84. The first-order valence-electron chi connectivity index (χ1n) is 5.66. The number of fused-ring (bicyclic) bond motifs is 1. The van der Waals surface area contributed by atoms with E-state index in [1.807, 2.05) is 18.2 Å². The predicted octanol–water partition coefficient (Wildman–Crippen LogP) is 2.61. The molecule has 1 aromatic heterocycles. The van der Waals surface area contributed by atoms with Crippen molar-refractivity contribution in [3.05, 3.63) is 54.1 Å². The third kappa shape index (κ3) is 1.91. The van der Waals surface area contributed by atoms with E-state index >= 15 is 0 Å². The molecule has 3 aromatic rings. The molecule has 0 aliphatic rings. The number of benzene rings is 2. The molecule has 0 amide bonds. The van der Waals surface area contributed by atoms with E-state index in [9.17, 15) is 8.78 Å². The molecule has 6 heteroatoms. The molecule has 0 unspecified atom stereocenters. The van der Waals surface area contributed by atoms with Crippen molar-refractivity contribution < 1.29 is 8.78 Å². The first kappa shape index (κ1) is 11.6. The number of nitrogens with zero attached hydrogens (tertiary/aromatic N) is 4. The van der Waals surface area contributed by atoms with Gasteiger partial charge in [-0.25, -0.2) is 8.78 Å². The molecule has 96 valence electrons. The number of aromatic nitrogens is 3. The Morgan fingerprint density at radius 3 is 2.74 bits per heavy atom. The molecule has 0 spiro atoms. The molecule has 4 nitrogen and oxygen atoms in total. The summed E-state index contributed by atoms with van der Waals surface area (Å²) in [5.74, 6) is -1.03. The van der Waals surface area contributed by atoms with Crippen LogP contribution in [-0.2, 0) is 0 Å². The zero-order valence-corrected chi connectivity index (χ0v) is 10.1. The summed E-state index contributed by atoms with van der Waals surface area (Å²) in [6.07, 6.45) is 0. The summed E-state index contributed by atoms with van der Waals surface area (Å²) in [4.78, 5) is 1.42. The van der Waals surface area contributed by atoms with Crippen molar-refractivity contribution in [2.24, 2.45) is 0 Å². The van der Waals surface area contributed by atoms with Gasteiger partial charge in [0.05, 0.1) is 5.69 Å². The van der Waals surface area contributed by atoms with Crippen LogP contribution in [0.25, 0.3) is 11.0 Å². The number of para-hydroxylation sites is 1. The summed E-state index contributed by atoms with van der Waals surface area (Å²) >= 11 is 0. The van der Waals surface area contributed by atoms with Gasteiger partial charge in [-0.05, 0) is 29.5 Å². The minimum absolute atomic E-state index is 0.0932. The van der Waals surface area contributed by atoms with Gasteiger partial charge in [-0.15, -0.1) is 5.10 Å². The number of rotatable bonds is 2. The Morgan fingerprint density at radius 1 is 1.11 bits per heavy atom. The van der Waals surface area contributed by atoms with Crippen molar-refractivity contribution in [1.82, 2.24) is 15.1 Å². The van der Waals surface area contributed by atoms with Crippen LogP contribution in [0.4, 0.5) is 14.5 Å². The second-order valence-corrected chi connectivity index (χ2v) is 4.09. The molecule has 0 atom stereocenters. The SMILES string of the molecule is CN(c1cc(F)ccc1F)n1nnc2ccccc21. The van der Waals surface area contributed by atoms with Crippen LogP contribution in [0.15, 0.2) is 42.5 Å². The van der Waals surface area contributed by atoms with Crippen LogP contribution in [0.2, 0.25) is 0 Å². The fraction of sp³-hybridized carbons (Fsp3) is 0.0769. The van der Waals surface area contributed by atoms with Gasteiger partial charge in [0.2, 0.25) is 0 Å². The highest BCUT2D eigenvalue weighted by Crippen LogP contribution is 2.21. The van der Waals surface area contributed by atoms with Crippen LogP contribution in [0.3, 0.4) is 0 Å². The van der Waals surface area contributed by atoms with Gasteiger partial charge >= 0.3 is 0 Å². The summed E-state index contributed by atoms with van der Waals surface area (Å²) in [5, 5.41) is 9.33. The maximum Gasteiger partial charge on any atom is 0.148 e. The highest BCUT2D eigenvalue weighted by molar-refractivity contribution is 5.74. The standard InChI is InChI=1S/C13H10F2N4/c1-18(13-8-9(14)6-7-10(13)15)19-12-5-3-2-4-11(12)16-17-19/h2-8H,1H3. The van der Waals surface area contributed by atoms with Crippen LogP contribution < -0.4 is 5.01 Å². The fourth-order valence-corrected chi connectivity index (χ4v) is 1.91. The van der Waals surface area contributed by atoms with Crippen molar-refractivity contribution in [3.63, 3.8) is 0 Å². The summed E-state index contributed by atoms with van der Waals surface area (Å²) < 4.78 is 27.0. The van der Waals surface area contributed by atoms with Crippen LogP contribution in [0.5, 0.6) is 0 Å². The van der Waals surface area contributed by atoms with E-state index < -0.39 is 11.6 Å². The third-order valence-electron chi connectivity index (χ3n) is 2.88. The molecule has 1 heterocycles. The average molecular weight is 260 g/mol. The Kier molecular flexibility index (Phi) is 2.63. The Hall–Kier alpha value is -2.50. The van der Waals surface area contributed by atoms with Gasteiger partial charge in [-0.3, -0.25) is 5.01 Å². The Morgan fingerprint density at radius 2 is 1.89 bits per heavy atom. The topological polar surface area (TPSA) is 34.0 Å². The maximum absolute atomic E-state index is 13.7. The lowest BCUT2D eigenvalue weighted by molar-refractivity contribution is 0.578. The summed E-state index contributed by atoms with van der Waals surface area (Å²) in [5.41, 5.74) is 1.50. The molecule has 3 rings (SSSR count). The van der Waals surface area contributed by atoms with E-state index in [0.717, 1.165) is 18.2 Å². The predicted molar refractivity (Wildman–Crippen MR) is 67.7 cm³/mol. The number of hydrogen-bond donors (Lipinski definition) is 0. The van der Waals surface area contributed by atoms with Gasteiger partial charge in [0.25, 0.3) is 0 Å². The van der Waals surface area contributed by atoms with Gasteiger partial charge in [0.1, 0.15) is 22.7 Å². The van der Waals surface area contributed by atoms with E-state index in [2.05, 4.69) is 10.3 Å². The minimum Gasteiger partial charge on any atom is -0.263 e. The number of anilines is 1. The lowest BCUT2D eigenvalue weighted by Crippen LogP contribution is -2.26. The molecule has 0 aliphatic heterocycles. The molecular weight excluding hydrogens is 250 g/mol. The molecule has 0 fully saturated rings. The van der Waals surface area contributed by atoms with E-state index in [4.69, 9.17) is 0 Å². The van der Waals surface area contributed by atoms with Crippen molar-refractivity contribution in [2.75, 3.05) is 12.1 Å². The van der Waals surface area contributed by atoms with Crippen molar-refractivity contribution in [3.8, 4) is 0 Å². The van der Waals surface area contributed by atoms with Gasteiger partial charge in [0.15, 0.2) is 0 Å². The molecule has 0 bridgehead atoms. The molecule has 0 N–H and O–H groups in total. The lowest BCUT2D eigenvalue weighted by atomic mass is 10.3. The monoisotopic (exact) mass is 260 g/mol. The molecule has 0 radical (unpaired) electrons. The molecule has 0 saturated carbocycles. The second kappa shape index (κ2) is 4.31. The highest BCUT2D eigenvalue weighted by Gasteiger charge is 2.14. The molecule has 2 aromatic carbocycles. The van der Waals surface area contributed by atoms with Gasteiger partial charge in [-0.2, -0.15) is 4.79 Å². The maximum atomic E-state index is 13.7. The van der Waals surface area contributed by atoms with E-state index in [-0.39, 0.29) is 5.69 Å². The normalized spacial score (nSPS) is 10.9. The van der Waals surface area contributed by atoms with Crippen LogP contribution in [0, 0.1) is 11.6 Å². The molecular formula is C13H10F2N4. The van der Waals surface area contributed by atoms with E-state index in [1.165, 1.54) is 9.80 Å². The van der Waals surface area contributed by atoms with E-state index in [0.29, 0.717) is 11.0 Å². The van der Waals surface area contributed by atoms with Crippen LogP contribution >= 0.6 is 0 Å². The first-order valence-corrected chi connectivity index (χ1v) is 5.66. The minimum atomic E-state index is -0.525. The zero-order valence-electron chi connectivity index (χ0n) is 10.1. The van der Waals surface area contributed by atoms with E-state index in [1.54, 1.807) is 13.1 Å². The second-order valence-electron chi connectivity index (χ2n) is 4.09. The fourth-order valence-electron chi connectivity index (χ4n) is 1.91. The Balaban J connectivity index is 2.13. The number of hydrogen-bond acceptors (Lipinski definition) is 3. The molecule has 0 aliphatic carbocycles.